The van der Waals surface area contributed by atoms with Crippen LogP contribution in [-0.4, -0.2) is 81.8 Å². The minimum atomic E-state index is -1.54. The lowest BCUT2D eigenvalue weighted by atomic mass is 10.1. The molecule has 0 saturated carbocycles. The molecular formula is C10H17N5O6. The molecule has 118 valence electrons. The maximum absolute atomic E-state index is 11.8. The van der Waals surface area contributed by atoms with Gasteiger partial charge in [-0.15, -0.1) is 0 Å². The number of nitrogens with two attached hydrogens (primary N) is 1. The highest BCUT2D eigenvalue weighted by Gasteiger charge is 2.54. The number of nitrogens with zero attached hydrogens (tertiary/aromatic N) is 1. The molecule has 3 fully saturated rings. The zero-order valence-corrected chi connectivity index (χ0v) is 10.8. The Bertz CT molecular complexity index is 463. The molecule has 0 aromatic heterocycles. The number of hydrogen-bond donors (Lipinski definition) is 7. The van der Waals surface area contributed by atoms with E-state index in [1.165, 1.54) is 4.90 Å². The van der Waals surface area contributed by atoms with Crippen LogP contribution in [0.1, 0.15) is 0 Å². The molecule has 8 N–H and O–H groups in total. The lowest BCUT2D eigenvalue weighted by Gasteiger charge is -2.37. The van der Waals surface area contributed by atoms with Crippen LogP contribution < -0.4 is 21.7 Å². The van der Waals surface area contributed by atoms with Crippen molar-refractivity contribution in [1.29, 1.82) is 0 Å². The van der Waals surface area contributed by atoms with Crippen LogP contribution in [0.25, 0.3) is 0 Å². The second kappa shape index (κ2) is 5.14. The summed E-state index contributed by atoms with van der Waals surface area (Å²) < 4.78 is 5.22. The molecule has 0 aromatic rings. The van der Waals surface area contributed by atoms with Gasteiger partial charge in [-0.05, 0) is 0 Å². The maximum Gasteiger partial charge on any atom is 0.335 e. The van der Waals surface area contributed by atoms with Crippen molar-refractivity contribution in [2.24, 2.45) is 5.73 Å². The molecule has 3 aliphatic heterocycles. The first-order chi connectivity index (χ1) is 9.90. The van der Waals surface area contributed by atoms with Crippen LogP contribution >= 0.6 is 0 Å². The lowest BCUT2D eigenvalue weighted by Crippen LogP contribution is -2.71. The van der Waals surface area contributed by atoms with Crippen molar-refractivity contribution in [3.05, 3.63) is 0 Å². The van der Waals surface area contributed by atoms with Gasteiger partial charge in [-0.2, -0.15) is 0 Å². The molecule has 11 heteroatoms. The largest absolute Gasteiger partial charge is 0.479 e. The molecule has 11 nitrogen and oxygen atoms in total. The van der Waals surface area contributed by atoms with Gasteiger partial charge >= 0.3 is 5.97 Å². The first-order valence-corrected chi connectivity index (χ1v) is 6.45. The lowest BCUT2D eigenvalue weighted by molar-refractivity contribution is -0.160. The van der Waals surface area contributed by atoms with E-state index in [9.17, 15) is 19.8 Å². The fourth-order valence-corrected chi connectivity index (χ4v) is 2.89. The molecule has 3 rings (SSSR count). The van der Waals surface area contributed by atoms with Gasteiger partial charge in [0.15, 0.2) is 6.10 Å². The standard InChI is InChI=1S/C10H17N5O6/c11-10-13-6-2(7(18)14-10)12-1-15(6)8-4(17)3(16)5(21-8)9(19)20/h2-6,8,10,12-13,16-17H,1,11H2,(H,14,18)(H,19,20)/t2?,3-,4+,5-,6?,8+,10?/m0/s1. The van der Waals surface area contributed by atoms with E-state index in [1.54, 1.807) is 0 Å². The summed E-state index contributed by atoms with van der Waals surface area (Å²) in [4.78, 5) is 24.3. The van der Waals surface area contributed by atoms with Gasteiger partial charge in [0.25, 0.3) is 0 Å². The molecular weight excluding hydrogens is 286 g/mol. The van der Waals surface area contributed by atoms with E-state index in [0.29, 0.717) is 0 Å². The normalized spacial score (nSPS) is 47.2. The molecule has 7 atom stereocenters. The van der Waals surface area contributed by atoms with Crippen LogP contribution in [0.15, 0.2) is 0 Å². The van der Waals surface area contributed by atoms with Gasteiger partial charge in [-0.25, -0.2) is 9.69 Å². The molecule has 0 aromatic carbocycles. The Hall–Kier alpha value is -1.34. The summed E-state index contributed by atoms with van der Waals surface area (Å²) in [6, 6.07) is -0.610. The number of aliphatic carboxylic acids is 1. The van der Waals surface area contributed by atoms with E-state index in [0.717, 1.165) is 0 Å². The Balaban J connectivity index is 1.78. The summed E-state index contributed by atoms with van der Waals surface area (Å²) >= 11 is 0. The van der Waals surface area contributed by atoms with Crippen LogP contribution in [0.5, 0.6) is 0 Å². The zero-order chi connectivity index (χ0) is 15.3. The number of carbonyl (C=O) groups is 2. The van der Waals surface area contributed by atoms with Gasteiger partial charge in [-0.3, -0.25) is 21.2 Å². The quantitative estimate of drug-likeness (QED) is 0.262. The van der Waals surface area contributed by atoms with Crippen molar-refractivity contribution in [2.75, 3.05) is 6.67 Å². The highest BCUT2D eigenvalue weighted by molar-refractivity contribution is 5.84. The minimum Gasteiger partial charge on any atom is -0.479 e. The summed E-state index contributed by atoms with van der Waals surface area (Å²) in [7, 11) is 0. The minimum absolute atomic E-state index is 0.170. The van der Waals surface area contributed by atoms with E-state index in [-0.39, 0.29) is 12.6 Å². The first-order valence-electron chi connectivity index (χ1n) is 6.45. The summed E-state index contributed by atoms with van der Waals surface area (Å²) in [6.07, 6.45) is -6.87. The van der Waals surface area contributed by atoms with E-state index in [4.69, 9.17) is 15.6 Å². The monoisotopic (exact) mass is 303 g/mol. The average molecular weight is 303 g/mol. The third kappa shape index (κ3) is 2.28. The number of aliphatic hydroxyl groups excluding tert-OH is 2. The highest BCUT2D eigenvalue weighted by atomic mass is 16.6. The summed E-state index contributed by atoms with van der Waals surface area (Å²) in [5.74, 6) is -1.67. The predicted molar refractivity (Wildman–Crippen MR) is 65.0 cm³/mol. The average Bonchev–Trinajstić information content (AvgIpc) is 2.93. The molecule has 3 saturated heterocycles. The molecule has 3 aliphatic rings. The second-order valence-electron chi connectivity index (χ2n) is 5.22. The topological polar surface area (TPSA) is 169 Å². The molecule has 0 radical (unpaired) electrons. The zero-order valence-electron chi connectivity index (χ0n) is 10.8. The molecule has 21 heavy (non-hydrogen) atoms. The fourth-order valence-electron chi connectivity index (χ4n) is 2.89. The van der Waals surface area contributed by atoms with E-state index >= 15 is 0 Å². The van der Waals surface area contributed by atoms with Crippen molar-refractivity contribution in [1.82, 2.24) is 20.9 Å². The fraction of sp³-hybridized carbons (Fsp3) is 0.800. The molecule has 3 unspecified atom stereocenters. The van der Waals surface area contributed by atoms with Crippen molar-refractivity contribution < 1.29 is 29.6 Å². The number of hydrogen-bond acceptors (Lipinski definition) is 9. The van der Waals surface area contributed by atoms with E-state index in [1.807, 2.05) is 0 Å². The molecule has 0 bridgehead atoms. The Labute approximate surface area is 119 Å². The Morgan fingerprint density at radius 1 is 1.38 bits per heavy atom. The smallest absolute Gasteiger partial charge is 0.335 e. The Morgan fingerprint density at radius 2 is 2.10 bits per heavy atom. The molecule has 0 aliphatic carbocycles. The van der Waals surface area contributed by atoms with Gasteiger partial charge in [0.2, 0.25) is 5.91 Å². The Kier molecular flexibility index (Phi) is 3.57. The highest BCUT2D eigenvalue weighted by Crippen LogP contribution is 2.28. The van der Waals surface area contributed by atoms with Crippen LogP contribution in [0.2, 0.25) is 0 Å². The van der Waals surface area contributed by atoms with Gasteiger partial charge in [0.1, 0.15) is 30.8 Å². The molecule has 0 spiro atoms. The van der Waals surface area contributed by atoms with Crippen LogP contribution in [0.4, 0.5) is 0 Å². The number of carboxylic acids is 1. The summed E-state index contributed by atoms with van der Waals surface area (Å²) in [5, 5.41) is 37.0. The maximum atomic E-state index is 11.8. The first kappa shape index (κ1) is 14.6. The summed E-state index contributed by atoms with van der Waals surface area (Å²) in [5.41, 5.74) is 5.64. The van der Waals surface area contributed by atoms with E-state index < -0.39 is 49.0 Å². The third-order valence-electron chi connectivity index (χ3n) is 3.91. The number of nitrogens with one attached hydrogen (secondary N) is 3. The third-order valence-corrected chi connectivity index (χ3v) is 3.91. The van der Waals surface area contributed by atoms with Crippen molar-refractivity contribution in [3.63, 3.8) is 0 Å². The van der Waals surface area contributed by atoms with Gasteiger partial charge in [0.05, 0.1) is 12.8 Å². The van der Waals surface area contributed by atoms with E-state index in [2.05, 4.69) is 16.0 Å². The van der Waals surface area contributed by atoms with Gasteiger partial charge in [-0.1, -0.05) is 0 Å². The SMILES string of the molecule is NC1NC(=O)C2NCN([C@@H]3O[C@H](C(=O)O)[C@@H](O)[C@H]3O)C2N1. The van der Waals surface area contributed by atoms with Crippen molar-refractivity contribution >= 4 is 11.9 Å². The number of carbonyl (C=O) groups excluding carboxylic acids is 1. The van der Waals surface area contributed by atoms with Gasteiger partial charge < -0.3 is 25.4 Å². The second-order valence-corrected chi connectivity index (χ2v) is 5.22. The number of ether oxygens (including phenoxy) is 1. The molecule has 3 heterocycles. The Morgan fingerprint density at radius 3 is 2.71 bits per heavy atom. The number of carboxylic acid groups (broad SMARTS) is 1. The van der Waals surface area contributed by atoms with Crippen molar-refractivity contribution in [3.8, 4) is 0 Å². The number of rotatable bonds is 2. The number of amides is 1. The van der Waals surface area contributed by atoms with Crippen LogP contribution in [-0.2, 0) is 14.3 Å². The summed E-state index contributed by atoms with van der Waals surface area (Å²) in [6.45, 7) is 0.170. The van der Waals surface area contributed by atoms with Crippen LogP contribution in [0, 0.1) is 0 Å². The van der Waals surface area contributed by atoms with Crippen molar-refractivity contribution in [2.45, 2.75) is 43.0 Å². The van der Waals surface area contributed by atoms with Gasteiger partial charge in [0, 0.05) is 0 Å². The van der Waals surface area contributed by atoms with Crippen LogP contribution in [0.3, 0.4) is 0 Å². The molecule has 1 amide bonds. The number of aliphatic hydroxyl groups is 2. The predicted octanol–water partition coefficient (Wildman–Crippen LogP) is -4.96. The number of fused-ring (bicyclic) bond motifs is 1.